The van der Waals surface area contributed by atoms with Crippen molar-refractivity contribution in [1.29, 1.82) is 0 Å². The van der Waals surface area contributed by atoms with Crippen LogP contribution in [-0.2, 0) is 0 Å². The van der Waals surface area contributed by atoms with E-state index in [-0.39, 0.29) is 10.8 Å². The molecule has 20 heavy (non-hydrogen) atoms. The third-order valence-electron chi connectivity index (χ3n) is 2.80. The van der Waals surface area contributed by atoms with Crippen LogP contribution < -0.4 is 10.6 Å². The van der Waals surface area contributed by atoms with Crippen LogP contribution in [0.15, 0.2) is 30.3 Å². The summed E-state index contributed by atoms with van der Waals surface area (Å²) in [4.78, 5) is 10.5. The smallest absolute Gasteiger partial charge is 0.230 e. The van der Waals surface area contributed by atoms with Gasteiger partial charge in [-0.1, -0.05) is 24.4 Å². The van der Waals surface area contributed by atoms with Gasteiger partial charge in [-0.25, -0.2) is 14.4 Å². The lowest BCUT2D eigenvalue weighted by atomic mass is 10.2. The number of nitrogens with zero attached hydrogens (tertiary/aromatic N) is 3. The fraction of sp³-hybridized carbons (Fsp3) is 0.214. The van der Waals surface area contributed by atoms with E-state index in [1.54, 1.807) is 29.2 Å². The zero-order chi connectivity index (χ0) is 14.7. The maximum Gasteiger partial charge on any atom is 0.230 e. The average Bonchev–Trinajstić information content (AvgIpc) is 2.41. The molecule has 0 saturated carbocycles. The summed E-state index contributed by atoms with van der Waals surface area (Å²) in [7, 11) is 0. The highest BCUT2D eigenvalue weighted by Gasteiger charge is 2.15. The first-order chi connectivity index (χ1) is 9.52. The normalized spacial score (nSPS) is 10.3. The van der Waals surface area contributed by atoms with Crippen molar-refractivity contribution < 1.29 is 4.39 Å². The zero-order valence-electron chi connectivity index (χ0n) is 11.3. The van der Waals surface area contributed by atoms with Gasteiger partial charge in [0.15, 0.2) is 0 Å². The summed E-state index contributed by atoms with van der Waals surface area (Å²) >= 11 is 4.94. The van der Waals surface area contributed by atoms with Gasteiger partial charge in [-0.3, -0.25) is 0 Å². The monoisotopic (exact) mass is 290 g/mol. The summed E-state index contributed by atoms with van der Waals surface area (Å²) in [6, 6.07) is 8.21. The Morgan fingerprint density at radius 3 is 2.65 bits per heavy atom. The molecule has 0 radical (unpaired) electrons. The lowest BCUT2D eigenvalue weighted by Crippen LogP contribution is -2.22. The Bertz CT molecular complexity index is 645. The van der Waals surface area contributed by atoms with Gasteiger partial charge in [-0.15, -0.1) is 0 Å². The van der Waals surface area contributed by atoms with Crippen LogP contribution in [0.25, 0.3) is 0 Å². The van der Waals surface area contributed by atoms with Crippen LogP contribution >= 0.6 is 12.2 Å². The Balaban J connectivity index is 2.52. The Kier molecular flexibility index (Phi) is 4.24. The predicted molar refractivity (Wildman–Crippen MR) is 81.7 cm³/mol. The van der Waals surface area contributed by atoms with E-state index in [1.807, 2.05) is 13.8 Å². The molecular formula is C14H15FN4S. The summed E-state index contributed by atoms with van der Waals surface area (Å²) in [6.45, 7) is 4.25. The number of thiocarbonyl (C=S) groups is 1. The van der Waals surface area contributed by atoms with E-state index in [1.165, 1.54) is 6.07 Å². The number of aromatic nitrogens is 2. The topological polar surface area (TPSA) is 55.0 Å². The molecule has 2 N–H and O–H groups in total. The summed E-state index contributed by atoms with van der Waals surface area (Å²) < 4.78 is 13.9. The first kappa shape index (κ1) is 14.3. The van der Waals surface area contributed by atoms with E-state index in [0.29, 0.717) is 23.9 Å². The third kappa shape index (κ3) is 2.91. The van der Waals surface area contributed by atoms with Crippen LogP contribution in [0.5, 0.6) is 0 Å². The molecule has 1 heterocycles. The number of halogens is 1. The summed E-state index contributed by atoms with van der Waals surface area (Å²) in [5.41, 5.74) is 7.25. The molecule has 0 bridgehead atoms. The largest absolute Gasteiger partial charge is 0.388 e. The van der Waals surface area contributed by atoms with Crippen molar-refractivity contribution in [3.63, 3.8) is 0 Å². The van der Waals surface area contributed by atoms with Crippen molar-refractivity contribution in [3.8, 4) is 0 Å². The molecule has 0 amide bonds. The molecule has 6 heteroatoms. The molecule has 4 nitrogen and oxygen atoms in total. The van der Waals surface area contributed by atoms with Crippen molar-refractivity contribution in [3.05, 3.63) is 47.5 Å². The molecule has 0 aliphatic rings. The fourth-order valence-electron chi connectivity index (χ4n) is 1.89. The number of anilines is 2. The maximum atomic E-state index is 13.9. The van der Waals surface area contributed by atoms with E-state index < -0.39 is 0 Å². The lowest BCUT2D eigenvalue weighted by Gasteiger charge is -2.22. The summed E-state index contributed by atoms with van der Waals surface area (Å²) in [6.07, 6.45) is 0. The summed E-state index contributed by atoms with van der Waals surface area (Å²) in [5.74, 6) is 0.0664. The Morgan fingerprint density at radius 1 is 1.35 bits per heavy atom. The van der Waals surface area contributed by atoms with E-state index in [9.17, 15) is 4.39 Å². The summed E-state index contributed by atoms with van der Waals surface area (Å²) in [5, 5.41) is 0. The van der Waals surface area contributed by atoms with Crippen molar-refractivity contribution in [1.82, 2.24) is 9.97 Å². The van der Waals surface area contributed by atoms with Crippen LogP contribution in [0.1, 0.15) is 18.3 Å². The Hall–Kier alpha value is -2.08. The van der Waals surface area contributed by atoms with Crippen molar-refractivity contribution in [2.24, 2.45) is 5.73 Å². The minimum Gasteiger partial charge on any atom is -0.388 e. The molecule has 2 aromatic rings. The van der Waals surface area contributed by atoms with Crippen LogP contribution in [0.2, 0.25) is 0 Å². The number of para-hydroxylation sites is 1. The highest BCUT2D eigenvalue weighted by molar-refractivity contribution is 7.80. The minimum absolute atomic E-state index is 0.196. The van der Waals surface area contributed by atoms with Gasteiger partial charge in [0.1, 0.15) is 16.5 Å². The van der Waals surface area contributed by atoms with Gasteiger partial charge in [0.25, 0.3) is 0 Å². The van der Waals surface area contributed by atoms with Gasteiger partial charge in [0.05, 0.1) is 5.69 Å². The number of nitrogens with two attached hydrogens (primary N) is 1. The van der Waals surface area contributed by atoms with Gasteiger partial charge in [0, 0.05) is 12.2 Å². The van der Waals surface area contributed by atoms with Crippen LogP contribution in [0.4, 0.5) is 16.0 Å². The highest BCUT2D eigenvalue weighted by atomic mass is 32.1. The molecule has 0 fully saturated rings. The molecule has 104 valence electrons. The maximum absolute atomic E-state index is 13.9. The molecule has 0 atom stereocenters. The van der Waals surface area contributed by atoms with Gasteiger partial charge >= 0.3 is 0 Å². The standard InChI is InChI=1S/C14H15FN4S/c1-3-19(12-7-5-4-6-10(12)15)14-17-9(2)8-11(18-14)13(16)20/h4-8H,3H2,1-2H3,(H2,16,20). The SMILES string of the molecule is CCN(c1nc(C)cc(C(N)=S)n1)c1ccccc1F. The van der Waals surface area contributed by atoms with Crippen LogP contribution in [-0.4, -0.2) is 21.5 Å². The number of rotatable bonds is 4. The van der Waals surface area contributed by atoms with Crippen molar-refractivity contribution in [2.45, 2.75) is 13.8 Å². The van der Waals surface area contributed by atoms with Crippen molar-refractivity contribution in [2.75, 3.05) is 11.4 Å². The van der Waals surface area contributed by atoms with Gasteiger partial charge < -0.3 is 10.6 Å². The number of hydrogen-bond acceptors (Lipinski definition) is 4. The second kappa shape index (κ2) is 5.92. The van der Waals surface area contributed by atoms with Gasteiger partial charge in [-0.05, 0) is 32.0 Å². The molecule has 0 aliphatic carbocycles. The Morgan fingerprint density at radius 2 is 2.05 bits per heavy atom. The lowest BCUT2D eigenvalue weighted by molar-refractivity contribution is 0.624. The second-order valence-electron chi connectivity index (χ2n) is 4.25. The molecule has 0 aliphatic heterocycles. The van der Waals surface area contributed by atoms with E-state index >= 15 is 0 Å². The van der Waals surface area contributed by atoms with Crippen LogP contribution in [0, 0.1) is 12.7 Å². The molecule has 1 aromatic carbocycles. The Labute approximate surface area is 122 Å². The van der Waals surface area contributed by atoms with Crippen molar-refractivity contribution >= 4 is 28.8 Å². The van der Waals surface area contributed by atoms with Gasteiger partial charge in [0.2, 0.25) is 5.95 Å². The van der Waals surface area contributed by atoms with Gasteiger partial charge in [-0.2, -0.15) is 0 Å². The van der Waals surface area contributed by atoms with Crippen LogP contribution in [0.3, 0.4) is 0 Å². The first-order valence-corrected chi connectivity index (χ1v) is 6.61. The van der Waals surface area contributed by atoms with E-state index in [0.717, 1.165) is 5.69 Å². The highest BCUT2D eigenvalue weighted by Crippen LogP contribution is 2.25. The molecular weight excluding hydrogens is 275 g/mol. The average molecular weight is 290 g/mol. The molecule has 2 rings (SSSR count). The molecule has 0 spiro atoms. The quantitative estimate of drug-likeness (QED) is 0.877. The molecule has 1 aromatic heterocycles. The minimum atomic E-state index is -0.323. The third-order valence-corrected chi connectivity index (χ3v) is 3.00. The van der Waals surface area contributed by atoms with E-state index in [2.05, 4.69) is 9.97 Å². The number of benzene rings is 1. The second-order valence-corrected chi connectivity index (χ2v) is 4.69. The molecule has 0 unspecified atom stereocenters. The predicted octanol–water partition coefficient (Wildman–Crippen LogP) is 2.72. The number of hydrogen-bond donors (Lipinski definition) is 1. The molecule has 0 saturated heterocycles. The fourth-order valence-corrected chi connectivity index (χ4v) is 1.99. The zero-order valence-corrected chi connectivity index (χ0v) is 12.1. The van der Waals surface area contributed by atoms with E-state index in [4.69, 9.17) is 18.0 Å². The number of aryl methyl sites for hydroxylation is 1. The first-order valence-electron chi connectivity index (χ1n) is 6.20.